The first-order valence-corrected chi connectivity index (χ1v) is 11.3. The maximum atomic E-state index is 13.2. The van der Waals surface area contributed by atoms with Crippen molar-refractivity contribution in [3.05, 3.63) is 101 Å². The number of anilines is 1. The number of pyridine rings is 1. The molecule has 1 aliphatic rings. The summed E-state index contributed by atoms with van der Waals surface area (Å²) in [6.45, 7) is 6.11. The van der Waals surface area contributed by atoms with Crippen LogP contribution in [-0.2, 0) is 14.3 Å². The molecule has 2 heterocycles. The van der Waals surface area contributed by atoms with Crippen LogP contribution in [0.5, 0.6) is 0 Å². The van der Waals surface area contributed by atoms with Crippen molar-refractivity contribution in [2.45, 2.75) is 26.8 Å². The first-order chi connectivity index (χ1) is 16.8. The van der Waals surface area contributed by atoms with E-state index in [0.29, 0.717) is 29.0 Å². The molecule has 7 heteroatoms. The molecular formula is C28H26N2O5. The van der Waals surface area contributed by atoms with Crippen LogP contribution in [0.2, 0.25) is 0 Å². The van der Waals surface area contributed by atoms with Crippen molar-refractivity contribution in [2.24, 2.45) is 5.92 Å². The maximum absolute atomic E-state index is 13.2. The molecule has 0 spiro atoms. The summed E-state index contributed by atoms with van der Waals surface area (Å²) in [6.07, 6.45) is 3.15. The SMILES string of the molecule is Cc1ccc(/C(O)=C2\C(=O)C(=O)N(c3ccc(C(=O)OCC(C)C)cc3)C2c2cccnc2)cc1. The third-order valence-corrected chi connectivity index (χ3v) is 5.70. The molecule has 0 bridgehead atoms. The first kappa shape index (κ1) is 23.9. The average molecular weight is 471 g/mol. The van der Waals surface area contributed by atoms with E-state index >= 15 is 0 Å². The molecule has 178 valence electrons. The summed E-state index contributed by atoms with van der Waals surface area (Å²) in [6, 6.07) is 15.9. The van der Waals surface area contributed by atoms with E-state index in [1.54, 1.807) is 60.9 Å². The van der Waals surface area contributed by atoms with E-state index < -0.39 is 23.7 Å². The van der Waals surface area contributed by atoms with Crippen LogP contribution in [0, 0.1) is 12.8 Å². The smallest absolute Gasteiger partial charge is 0.338 e. The van der Waals surface area contributed by atoms with Crippen molar-refractivity contribution in [1.29, 1.82) is 0 Å². The number of nitrogens with zero attached hydrogens (tertiary/aromatic N) is 2. The van der Waals surface area contributed by atoms with Crippen LogP contribution < -0.4 is 4.90 Å². The highest BCUT2D eigenvalue weighted by molar-refractivity contribution is 6.51. The second kappa shape index (κ2) is 9.93. The largest absolute Gasteiger partial charge is 0.507 e. The lowest BCUT2D eigenvalue weighted by Crippen LogP contribution is -2.29. The third kappa shape index (κ3) is 4.84. The molecule has 7 nitrogen and oxygen atoms in total. The minimum atomic E-state index is -0.885. The summed E-state index contributed by atoms with van der Waals surface area (Å²) in [7, 11) is 0. The average Bonchev–Trinajstić information content (AvgIpc) is 3.13. The number of benzene rings is 2. The fraction of sp³-hybridized carbons (Fsp3) is 0.214. The number of esters is 1. The number of rotatable bonds is 6. The van der Waals surface area contributed by atoms with Crippen LogP contribution in [0.4, 0.5) is 5.69 Å². The topological polar surface area (TPSA) is 96.8 Å². The Bertz CT molecular complexity index is 1280. The number of carbonyl (C=O) groups excluding carboxylic acids is 3. The van der Waals surface area contributed by atoms with Gasteiger partial charge < -0.3 is 9.84 Å². The van der Waals surface area contributed by atoms with Crippen molar-refractivity contribution >= 4 is 29.1 Å². The number of amides is 1. The monoisotopic (exact) mass is 470 g/mol. The van der Waals surface area contributed by atoms with E-state index in [9.17, 15) is 19.5 Å². The van der Waals surface area contributed by atoms with Gasteiger partial charge in [0.15, 0.2) is 0 Å². The second-order valence-corrected chi connectivity index (χ2v) is 8.86. The van der Waals surface area contributed by atoms with E-state index in [1.165, 1.54) is 4.90 Å². The Labute approximate surface area is 203 Å². The van der Waals surface area contributed by atoms with Crippen molar-refractivity contribution in [1.82, 2.24) is 4.98 Å². The summed E-state index contributed by atoms with van der Waals surface area (Å²) in [4.78, 5) is 44.1. The zero-order valence-corrected chi connectivity index (χ0v) is 19.8. The summed E-state index contributed by atoms with van der Waals surface area (Å²) in [5, 5.41) is 11.1. The summed E-state index contributed by atoms with van der Waals surface area (Å²) in [5.74, 6) is -2.08. The molecule has 0 radical (unpaired) electrons. The molecule has 4 rings (SSSR count). The molecule has 1 atom stereocenters. The van der Waals surface area contributed by atoms with Gasteiger partial charge in [-0.3, -0.25) is 19.5 Å². The summed E-state index contributed by atoms with van der Waals surface area (Å²) >= 11 is 0. The lowest BCUT2D eigenvalue weighted by atomic mass is 9.96. The maximum Gasteiger partial charge on any atom is 0.338 e. The molecule has 0 saturated carbocycles. The van der Waals surface area contributed by atoms with E-state index in [-0.39, 0.29) is 17.3 Å². The highest BCUT2D eigenvalue weighted by Gasteiger charge is 2.47. The van der Waals surface area contributed by atoms with Gasteiger partial charge >= 0.3 is 5.97 Å². The van der Waals surface area contributed by atoms with E-state index in [0.717, 1.165) is 5.56 Å². The van der Waals surface area contributed by atoms with Gasteiger partial charge in [-0.2, -0.15) is 0 Å². The number of carbonyl (C=O) groups is 3. The minimum absolute atomic E-state index is 0.0210. The third-order valence-electron chi connectivity index (χ3n) is 5.70. The standard InChI is InChI=1S/C28H26N2O5/c1-17(2)16-35-28(34)20-10-12-22(13-11-20)30-24(21-5-4-14-29-15-21)23(26(32)27(30)33)25(31)19-8-6-18(3)7-9-19/h4-15,17,24,31H,16H2,1-3H3/b25-23+. The molecule has 35 heavy (non-hydrogen) atoms. The Balaban J connectivity index is 1.77. The number of hydrogen-bond donors (Lipinski definition) is 1. The normalized spacial score (nSPS) is 17.1. The van der Waals surface area contributed by atoms with Crippen LogP contribution in [0.25, 0.3) is 5.76 Å². The van der Waals surface area contributed by atoms with Gasteiger partial charge in [0.2, 0.25) is 0 Å². The summed E-state index contributed by atoms with van der Waals surface area (Å²) < 4.78 is 5.27. The molecule has 1 N–H and O–H groups in total. The van der Waals surface area contributed by atoms with Crippen molar-refractivity contribution in [3.8, 4) is 0 Å². The number of aliphatic hydroxyl groups excluding tert-OH is 1. The number of ether oxygens (including phenoxy) is 1. The van der Waals surface area contributed by atoms with Crippen LogP contribution in [0.1, 0.15) is 46.9 Å². The molecule has 1 fully saturated rings. The van der Waals surface area contributed by atoms with Gasteiger partial charge in [-0.1, -0.05) is 49.7 Å². The Morgan fingerprint density at radius 3 is 2.29 bits per heavy atom. The highest BCUT2D eigenvalue weighted by Crippen LogP contribution is 2.42. The van der Waals surface area contributed by atoms with Crippen molar-refractivity contribution < 1.29 is 24.2 Å². The van der Waals surface area contributed by atoms with Crippen LogP contribution in [-0.4, -0.2) is 34.4 Å². The van der Waals surface area contributed by atoms with Crippen LogP contribution >= 0.6 is 0 Å². The van der Waals surface area contributed by atoms with Gasteiger partial charge in [0, 0.05) is 23.6 Å². The molecule has 2 aromatic carbocycles. The van der Waals surface area contributed by atoms with Gasteiger partial charge in [-0.25, -0.2) is 4.79 Å². The number of ketones is 1. The van der Waals surface area contributed by atoms with Gasteiger partial charge in [0.25, 0.3) is 11.7 Å². The quantitative estimate of drug-likeness (QED) is 0.240. The minimum Gasteiger partial charge on any atom is -0.507 e. The number of aryl methyl sites for hydroxylation is 1. The number of Topliss-reactive ketones (excluding diaryl/α,β-unsaturated/α-hetero) is 1. The first-order valence-electron chi connectivity index (χ1n) is 11.3. The van der Waals surface area contributed by atoms with Crippen molar-refractivity contribution in [3.63, 3.8) is 0 Å². The number of hydrogen-bond acceptors (Lipinski definition) is 6. The van der Waals surface area contributed by atoms with E-state index in [1.807, 2.05) is 32.9 Å². The van der Waals surface area contributed by atoms with E-state index in [4.69, 9.17) is 4.74 Å². The van der Waals surface area contributed by atoms with Gasteiger partial charge in [-0.05, 0) is 48.7 Å². The fourth-order valence-corrected chi connectivity index (χ4v) is 3.90. The zero-order valence-electron chi connectivity index (χ0n) is 19.8. The fourth-order valence-electron chi connectivity index (χ4n) is 3.90. The molecule has 1 aliphatic heterocycles. The van der Waals surface area contributed by atoms with E-state index in [2.05, 4.69) is 4.98 Å². The molecule has 3 aromatic rings. The summed E-state index contributed by atoms with van der Waals surface area (Å²) in [5.41, 5.74) is 2.73. The Hall–Kier alpha value is -4.26. The molecule has 1 saturated heterocycles. The predicted molar refractivity (Wildman–Crippen MR) is 132 cm³/mol. The van der Waals surface area contributed by atoms with Crippen LogP contribution in [0.3, 0.4) is 0 Å². The molecule has 1 amide bonds. The molecular weight excluding hydrogens is 444 g/mol. The zero-order chi connectivity index (χ0) is 25.1. The molecule has 0 aliphatic carbocycles. The Morgan fingerprint density at radius 1 is 1.03 bits per heavy atom. The lowest BCUT2D eigenvalue weighted by Gasteiger charge is -2.25. The number of aliphatic hydroxyl groups is 1. The Morgan fingerprint density at radius 2 is 1.69 bits per heavy atom. The predicted octanol–water partition coefficient (Wildman–Crippen LogP) is 4.83. The second-order valence-electron chi connectivity index (χ2n) is 8.86. The number of aromatic nitrogens is 1. The highest BCUT2D eigenvalue weighted by atomic mass is 16.5. The van der Waals surface area contributed by atoms with Crippen molar-refractivity contribution in [2.75, 3.05) is 11.5 Å². The van der Waals surface area contributed by atoms with Gasteiger partial charge in [-0.15, -0.1) is 0 Å². The van der Waals surface area contributed by atoms with Gasteiger partial charge in [0.05, 0.1) is 23.8 Å². The lowest BCUT2D eigenvalue weighted by molar-refractivity contribution is -0.132. The molecule has 1 aromatic heterocycles. The van der Waals surface area contributed by atoms with Crippen LogP contribution in [0.15, 0.2) is 78.6 Å². The van der Waals surface area contributed by atoms with Gasteiger partial charge in [0.1, 0.15) is 5.76 Å². The Kier molecular flexibility index (Phi) is 6.78. The molecule has 1 unspecified atom stereocenters.